The minimum atomic E-state index is -3.26. The molecule has 8 nitrogen and oxygen atoms in total. The Morgan fingerprint density at radius 2 is 1.92 bits per heavy atom. The molecule has 1 saturated heterocycles. The van der Waals surface area contributed by atoms with Crippen molar-refractivity contribution in [1.82, 2.24) is 18.8 Å². The van der Waals surface area contributed by atoms with Crippen molar-refractivity contribution >= 4 is 26.8 Å². The van der Waals surface area contributed by atoms with Crippen LogP contribution < -0.4 is 5.56 Å². The van der Waals surface area contributed by atoms with Crippen LogP contribution in [0.2, 0.25) is 0 Å². The first-order chi connectivity index (χ1) is 11.9. The summed E-state index contributed by atoms with van der Waals surface area (Å²) in [4.78, 5) is 30.8. The molecular weight excluding hydrogens is 344 g/mol. The molecule has 0 radical (unpaired) electrons. The van der Waals surface area contributed by atoms with Gasteiger partial charge in [-0.05, 0) is 18.6 Å². The molecule has 1 aromatic carbocycles. The fourth-order valence-corrected chi connectivity index (χ4v) is 3.81. The molecule has 0 aliphatic carbocycles. The van der Waals surface area contributed by atoms with Gasteiger partial charge in [-0.3, -0.25) is 14.2 Å². The minimum Gasteiger partial charge on any atom is -0.340 e. The maximum absolute atomic E-state index is 12.5. The van der Waals surface area contributed by atoms with Gasteiger partial charge in [0.2, 0.25) is 15.9 Å². The first-order valence-corrected chi connectivity index (χ1v) is 9.88. The number of nitrogens with zero attached hydrogens (tertiary/aromatic N) is 4. The van der Waals surface area contributed by atoms with Gasteiger partial charge in [-0.25, -0.2) is 17.7 Å². The van der Waals surface area contributed by atoms with Crippen molar-refractivity contribution in [3.63, 3.8) is 0 Å². The number of benzene rings is 1. The van der Waals surface area contributed by atoms with E-state index in [1.807, 2.05) is 0 Å². The maximum atomic E-state index is 12.5. The third-order valence-electron chi connectivity index (χ3n) is 4.31. The second-order valence-corrected chi connectivity index (χ2v) is 8.07. The lowest BCUT2D eigenvalue weighted by atomic mass is 10.2. The van der Waals surface area contributed by atoms with Crippen molar-refractivity contribution < 1.29 is 13.2 Å². The Balaban J connectivity index is 1.74. The average molecular weight is 364 g/mol. The maximum Gasteiger partial charge on any atom is 0.261 e. The van der Waals surface area contributed by atoms with Gasteiger partial charge in [0.1, 0.15) is 6.54 Å². The molecule has 1 aliphatic rings. The van der Waals surface area contributed by atoms with E-state index < -0.39 is 10.0 Å². The Morgan fingerprint density at radius 1 is 1.16 bits per heavy atom. The van der Waals surface area contributed by atoms with E-state index in [0.29, 0.717) is 37.0 Å². The van der Waals surface area contributed by atoms with Crippen LogP contribution in [-0.4, -0.2) is 65.5 Å². The molecule has 25 heavy (non-hydrogen) atoms. The van der Waals surface area contributed by atoms with Gasteiger partial charge in [-0.2, -0.15) is 0 Å². The van der Waals surface area contributed by atoms with Crippen molar-refractivity contribution in [2.75, 3.05) is 32.4 Å². The zero-order valence-corrected chi connectivity index (χ0v) is 14.8. The first-order valence-electron chi connectivity index (χ1n) is 8.03. The molecule has 2 aromatic rings. The van der Waals surface area contributed by atoms with E-state index in [1.54, 1.807) is 29.2 Å². The summed E-state index contributed by atoms with van der Waals surface area (Å²) in [5.41, 5.74) is 0.335. The van der Waals surface area contributed by atoms with E-state index >= 15 is 0 Å². The number of amides is 1. The molecule has 1 aromatic heterocycles. The Morgan fingerprint density at radius 3 is 2.68 bits per heavy atom. The van der Waals surface area contributed by atoms with Crippen LogP contribution >= 0.6 is 0 Å². The molecule has 0 atom stereocenters. The van der Waals surface area contributed by atoms with Gasteiger partial charge in [-0.1, -0.05) is 12.1 Å². The summed E-state index contributed by atoms with van der Waals surface area (Å²) in [5.74, 6) is -0.213. The highest BCUT2D eigenvalue weighted by Gasteiger charge is 2.24. The molecule has 2 heterocycles. The summed E-state index contributed by atoms with van der Waals surface area (Å²) < 4.78 is 26.0. The number of carbonyl (C=O) groups excluding carboxylic acids is 1. The lowest BCUT2D eigenvalue weighted by molar-refractivity contribution is -0.131. The summed E-state index contributed by atoms with van der Waals surface area (Å²) in [5, 5.41) is 0.469. The largest absolute Gasteiger partial charge is 0.340 e. The Bertz CT molecular complexity index is 954. The molecule has 0 N–H and O–H groups in total. The Kier molecular flexibility index (Phi) is 4.87. The number of rotatable bonds is 3. The molecule has 0 unspecified atom stereocenters. The predicted molar refractivity (Wildman–Crippen MR) is 93.6 cm³/mol. The van der Waals surface area contributed by atoms with Crippen molar-refractivity contribution in [3.05, 3.63) is 40.9 Å². The molecule has 0 saturated carbocycles. The number of hydrogen-bond donors (Lipinski definition) is 0. The van der Waals surface area contributed by atoms with Crippen LogP contribution in [-0.2, 0) is 21.4 Å². The summed E-state index contributed by atoms with van der Waals surface area (Å²) >= 11 is 0. The highest BCUT2D eigenvalue weighted by atomic mass is 32.2. The van der Waals surface area contributed by atoms with Gasteiger partial charge in [0, 0.05) is 26.2 Å². The van der Waals surface area contributed by atoms with E-state index in [9.17, 15) is 18.0 Å². The topological polar surface area (TPSA) is 92.6 Å². The predicted octanol–water partition coefficient (Wildman–Crippen LogP) is -0.110. The third kappa shape index (κ3) is 3.88. The monoisotopic (exact) mass is 364 g/mol. The molecule has 1 aliphatic heterocycles. The molecular formula is C16H20N4O4S. The van der Waals surface area contributed by atoms with Crippen molar-refractivity contribution in [1.29, 1.82) is 0 Å². The molecule has 1 amide bonds. The van der Waals surface area contributed by atoms with E-state index in [1.165, 1.54) is 21.5 Å². The van der Waals surface area contributed by atoms with E-state index in [2.05, 4.69) is 4.98 Å². The summed E-state index contributed by atoms with van der Waals surface area (Å²) in [7, 11) is -3.26. The second kappa shape index (κ2) is 6.93. The summed E-state index contributed by atoms with van der Waals surface area (Å²) in [6.45, 7) is 1.37. The molecule has 1 fully saturated rings. The van der Waals surface area contributed by atoms with Crippen molar-refractivity contribution in [2.24, 2.45) is 0 Å². The van der Waals surface area contributed by atoms with Crippen LogP contribution in [0.4, 0.5) is 0 Å². The van der Waals surface area contributed by atoms with Crippen LogP contribution in [0, 0.1) is 0 Å². The normalized spacial score (nSPS) is 16.8. The molecule has 0 bridgehead atoms. The van der Waals surface area contributed by atoms with Crippen LogP contribution in [0.3, 0.4) is 0 Å². The second-order valence-electron chi connectivity index (χ2n) is 6.09. The van der Waals surface area contributed by atoms with Crippen LogP contribution in [0.25, 0.3) is 10.9 Å². The molecule has 3 rings (SSSR count). The van der Waals surface area contributed by atoms with E-state index in [-0.39, 0.29) is 24.6 Å². The minimum absolute atomic E-state index is 0.102. The van der Waals surface area contributed by atoms with Gasteiger partial charge in [0.15, 0.2) is 0 Å². The Labute approximate surface area is 145 Å². The zero-order chi connectivity index (χ0) is 18.0. The van der Waals surface area contributed by atoms with Crippen LogP contribution in [0.5, 0.6) is 0 Å². The molecule has 0 spiro atoms. The van der Waals surface area contributed by atoms with Gasteiger partial charge < -0.3 is 4.90 Å². The van der Waals surface area contributed by atoms with Crippen molar-refractivity contribution in [2.45, 2.75) is 13.0 Å². The molecule has 134 valence electrons. The number of aromatic nitrogens is 2. The summed E-state index contributed by atoms with van der Waals surface area (Å²) in [6.07, 6.45) is 3.12. The fraction of sp³-hybridized carbons (Fsp3) is 0.438. The standard InChI is InChI=1S/C16H20N4O4S/c1-25(23,24)20-8-4-7-18(9-10-20)15(21)11-19-12-17-14-6-3-2-5-13(14)16(19)22/h2-3,5-6,12H,4,7-11H2,1H3. The number of sulfonamides is 1. The summed E-state index contributed by atoms with van der Waals surface area (Å²) in [6, 6.07) is 6.99. The van der Waals surface area contributed by atoms with E-state index in [0.717, 1.165) is 0 Å². The first kappa shape index (κ1) is 17.6. The SMILES string of the molecule is CS(=O)(=O)N1CCCN(C(=O)Cn2cnc3ccccc3c2=O)CC1. The quantitative estimate of drug-likeness (QED) is 0.758. The van der Waals surface area contributed by atoms with Gasteiger partial charge in [0.25, 0.3) is 5.56 Å². The number of carbonyl (C=O) groups is 1. The number of para-hydroxylation sites is 1. The van der Waals surface area contributed by atoms with Crippen LogP contribution in [0.1, 0.15) is 6.42 Å². The van der Waals surface area contributed by atoms with Gasteiger partial charge in [0.05, 0.1) is 23.5 Å². The lowest BCUT2D eigenvalue weighted by Crippen LogP contribution is -2.39. The number of hydrogen-bond acceptors (Lipinski definition) is 5. The third-order valence-corrected chi connectivity index (χ3v) is 5.62. The smallest absolute Gasteiger partial charge is 0.261 e. The lowest BCUT2D eigenvalue weighted by Gasteiger charge is -2.21. The van der Waals surface area contributed by atoms with E-state index in [4.69, 9.17) is 0 Å². The van der Waals surface area contributed by atoms with Crippen LogP contribution in [0.15, 0.2) is 35.4 Å². The Hall–Kier alpha value is -2.26. The van der Waals surface area contributed by atoms with Gasteiger partial charge in [-0.15, -0.1) is 0 Å². The molecule has 9 heteroatoms. The van der Waals surface area contributed by atoms with Gasteiger partial charge >= 0.3 is 0 Å². The fourth-order valence-electron chi connectivity index (χ4n) is 2.94. The number of fused-ring (bicyclic) bond motifs is 1. The van der Waals surface area contributed by atoms with Crippen molar-refractivity contribution in [3.8, 4) is 0 Å². The average Bonchev–Trinajstić information content (AvgIpc) is 2.84. The highest BCUT2D eigenvalue weighted by Crippen LogP contribution is 2.08. The zero-order valence-electron chi connectivity index (χ0n) is 14.0. The highest BCUT2D eigenvalue weighted by molar-refractivity contribution is 7.88.